The molecule has 0 saturated carbocycles. The summed E-state index contributed by atoms with van der Waals surface area (Å²) in [5.41, 5.74) is 1.83. The number of unbranched alkanes of at least 4 members (excludes halogenated alkanes) is 5. The number of likely N-dealkylation sites (tertiary alicyclic amines) is 1. The van der Waals surface area contributed by atoms with E-state index in [2.05, 4.69) is 35.6 Å². The number of aryl methyl sites for hydroxylation is 1. The molecule has 1 aromatic heterocycles. The third-order valence-corrected chi connectivity index (χ3v) is 25.2. The van der Waals surface area contributed by atoms with Gasteiger partial charge in [-0.3, -0.25) is 33.8 Å². The minimum absolute atomic E-state index is 0.0224. The summed E-state index contributed by atoms with van der Waals surface area (Å²) >= 11 is 9.32. The quantitative estimate of drug-likeness (QED) is 0.0200. The van der Waals surface area contributed by atoms with E-state index in [0.29, 0.717) is 128 Å². The molecule has 5 aromatic carbocycles. The molecule has 3 saturated heterocycles. The van der Waals surface area contributed by atoms with Gasteiger partial charge in [0.15, 0.2) is 0 Å². The summed E-state index contributed by atoms with van der Waals surface area (Å²) in [6.45, 7) is 16.5. The fourth-order valence-corrected chi connectivity index (χ4v) is 17.7. The van der Waals surface area contributed by atoms with E-state index in [0.717, 1.165) is 81.2 Å². The number of anilines is 2. The van der Waals surface area contributed by atoms with E-state index in [1.165, 1.54) is 34.4 Å². The molecule has 5 N–H and O–H groups in total. The molecule has 0 spiro atoms. The van der Waals surface area contributed by atoms with E-state index in [9.17, 15) is 59.1 Å². The molecule has 5 amide bonds. The van der Waals surface area contributed by atoms with E-state index >= 15 is 0 Å². The van der Waals surface area contributed by atoms with Crippen molar-refractivity contribution in [1.82, 2.24) is 39.9 Å². The lowest BCUT2D eigenvalue weighted by molar-refractivity contribution is -0.144. The molecule has 0 radical (unpaired) electrons. The van der Waals surface area contributed by atoms with Crippen LogP contribution in [-0.4, -0.2) is 197 Å². The molecule has 3 fully saturated rings. The van der Waals surface area contributed by atoms with Crippen LogP contribution in [0.3, 0.4) is 0 Å². The second-order valence-corrected chi connectivity index (χ2v) is 34.7. The number of carbonyl (C=O) groups is 5. The van der Waals surface area contributed by atoms with Gasteiger partial charge in [0.05, 0.1) is 52.0 Å². The fraction of sp³-hybridized carbons (Fsp3) is 0.481. The number of aliphatic hydroxyl groups excluding tert-OH is 1. The number of thioether (sulfide) groups is 1. The smallest absolute Gasteiger partial charge is 0.391 e. The van der Waals surface area contributed by atoms with Gasteiger partial charge in [0.1, 0.15) is 17.0 Å². The summed E-state index contributed by atoms with van der Waals surface area (Å²) in [6, 6.07) is 30.8. The minimum Gasteiger partial charge on any atom is -0.391 e. The fourth-order valence-electron chi connectivity index (χ4n) is 13.8. The average molecular weight is 1560 g/mol. The molecule has 0 aliphatic carbocycles. The first-order valence-electron chi connectivity index (χ1n) is 36.2. The van der Waals surface area contributed by atoms with Crippen molar-refractivity contribution < 1.29 is 63.8 Å². The lowest BCUT2D eigenvalue weighted by Crippen LogP contribution is -2.57. The van der Waals surface area contributed by atoms with Crippen molar-refractivity contribution in [2.45, 2.75) is 156 Å². The van der Waals surface area contributed by atoms with Gasteiger partial charge in [-0.25, -0.2) is 26.5 Å². The van der Waals surface area contributed by atoms with Crippen molar-refractivity contribution in [3.8, 4) is 10.4 Å². The summed E-state index contributed by atoms with van der Waals surface area (Å²) in [5.74, 6) is -1.70. The molecular formula is C77H96ClF3N10O11S4. The van der Waals surface area contributed by atoms with Crippen LogP contribution in [0.25, 0.3) is 16.0 Å². The first-order valence-corrected chi connectivity index (χ1v) is 41.4. The Balaban J connectivity index is 0.669. The molecule has 4 aliphatic heterocycles. The van der Waals surface area contributed by atoms with Crippen molar-refractivity contribution in [2.75, 3.05) is 101 Å². The Bertz CT molecular complexity index is 4270. The number of thiazole rings is 1. The highest BCUT2D eigenvalue weighted by atomic mass is 35.5. The van der Waals surface area contributed by atoms with Gasteiger partial charge in [0, 0.05) is 124 Å². The highest BCUT2D eigenvalue weighted by Gasteiger charge is 2.49. The Hall–Kier alpha value is -7.41. The van der Waals surface area contributed by atoms with E-state index in [1.807, 2.05) is 129 Å². The van der Waals surface area contributed by atoms with Crippen LogP contribution in [0.4, 0.5) is 24.5 Å². The zero-order valence-electron chi connectivity index (χ0n) is 60.5. The number of benzene rings is 5. The number of carbonyl (C=O) groups excluding carboxylic acids is 5. The molecular weight excluding hydrogens is 1460 g/mol. The highest BCUT2D eigenvalue weighted by molar-refractivity contribution is 7.99. The SMILES string of the molecule is Cc1ncsc1-c1ccc([C@H](C)NC(=O)[C@@H]2C[C@@H](O)CN2C(=O)[C@@H](NC(=O)CCCCCCCCC(=O)N2CCC(c3ccc(Cl)cc3)=C(CN3CCN(c4ccc(C(=O)NS(=O)(=O)c5ccc(N[C@H](CCN6CCOCC6)CSc6ccccc6)c(S(=O)(=O)C(F)(F)F)c5)cc4)CC3)C2)C(C)(C)C)cc1. The first kappa shape index (κ1) is 81.1. The molecule has 106 heavy (non-hydrogen) atoms. The zero-order valence-corrected chi connectivity index (χ0v) is 64.6. The number of amides is 5. The van der Waals surface area contributed by atoms with E-state index in [4.69, 9.17) is 16.3 Å². The maximum atomic E-state index is 14.4. The van der Waals surface area contributed by atoms with Crippen LogP contribution < -0.4 is 25.6 Å². The number of alkyl halides is 3. The predicted molar refractivity (Wildman–Crippen MR) is 409 cm³/mol. The number of hydrogen-bond donors (Lipinski definition) is 5. The number of morpholine rings is 1. The van der Waals surface area contributed by atoms with Crippen molar-refractivity contribution in [3.05, 3.63) is 160 Å². The Morgan fingerprint density at radius 1 is 0.774 bits per heavy atom. The van der Waals surface area contributed by atoms with E-state index < -0.39 is 82.3 Å². The number of piperazine rings is 1. The number of rotatable bonds is 31. The standard InChI is InChI=1S/C77H96ClF3N10O11S4/c1-52(54-19-21-56(22-20-54)71-53(2)82-51-104-71)83-74(96)67-45-62(92)49-91(67)75(97)72(76(3,4)5)85-69(93)17-13-8-6-7-9-14-18-70(94)90-36-34-65(55-23-27-59(78)28-24-55)58(48-90)47-88-37-39-89(40-38-88)61-29-25-57(26-30-61)73(95)86-106(100,101)64-31-32-66(68(46-64)105(98,99)77(79,80)81)84-60(33-35-87-41-43-102-44-42-87)50-103-63-15-11-10-12-16-63/h10-12,15-16,19-32,46,51-52,60,62,67,72,84,92H,6-9,13-14,17-18,33-45,47-50H2,1-5H3,(H,83,96)(H,85,93)(H,86,95)/t52-,60+,62+,67-,72+/m0/s1. The van der Waals surface area contributed by atoms with Gasteiger partial charge in [-0.1, -0.05) is 113 Å². The summed E-state index contributed by atoms with van der Waals surface area (Å²) in [6.07, 6.45) is 5.60. The molecule has 0 unspecified atom stereocenters. The van der Waals surface area contributed by atoms with Gasteiger partial charge in [0.25, 0.3) is 25.8 Å². The van der Waals surface area contributed by atoms with Crippen molar-refractivity contribution in [3.63, 3.8) is 0 Å². The minimum atomic E-state index is -6.11. The third kappa shape index (κ3) is 21.7. The Kier molecular flexibility index (Phi) is 28.1. The molecule has 6 aromatic rings. The number of sulfone groups is 1. The number of nitrogens with one attached hydrogen (secondary N) is 4. The van der Waals surface area contributed by atoms with Gasteiger partial charge in [-0.05, 0) is 140 Å². The molecule has 0 bridgehead atoms. The number of aromatic nitrogens is 1. The lowest BCUT2D eigenvalue weighted by Gasteiger charge is -2.39. The molecule has 10 rings (SSSR count). The Labute approximate surface area is 633 Å². The zero-order chi connectivity index (χ0) is 75.9. The summed E-state index contributed by atoms with van der Waals surface area (Å²) < 4.78 is 105. The lowest BCUT2D eigenvalue weighted by atomic mass is 9.85. The van der Waals surface area contributed by atoms with E-state index in [1.54, 1.807) is 23.5 Å². The second kappa shape index (κ2) is 36.7. The van der Waals surface area contributed by atoms with Gasteiger partial charge in [-0.2, -0.15) is 13.2 Å². The predicted octanol–water partition coefficient (Wildman–Crippen LogP) is 11.8. The van der Waals surface area contributed by atoms with Crippen molar-refractivity contribution in [1.29, 1.82) is 0 Å². The number of β-amino-alcohol motifs (C(OH)–C–C–N with tert-alkyl or cyclic N) is 1. The van der Waals surface area contributed by atoms with Crippen LogP contribution in [0.15, 0.2) is 147 Å². The maximum Gasteiger partial charge on any atom is 0.501 e. The van der Waals surface area contributed by atoms with Crippen LogP contribution in [0.5, 0.6) is 0 Å². The van der Waals surface area contributed by atoms with Crippen LogP contribution in [0, 0.1) is 12.3 Å². The number of nitrogens with zero attached hydrogens (tertiary/aromatic N) is 6. The molecule has 4 aliphatic rings. The normalized spacial score (nSPS) is 18.1. The molecule has 29 heteroatoms. The van der Waals surface area contributed by atoms with Gasteiger partial charge in [0.2, 0.25) is 23.6 Å². The molecule has 5 heterocycles. The monoisotopic (exact) mass is 1560 g/mol. The largest absolute Gasteiger partial charge is 0.501 e. The number of ether oxygens (including phenoxy) is 1. The van der Waals surface area contributed by atoms with Gasteiger partial charge < -0.3 is 40.5 Å². The number of halogens is 4. The number of hydrogen-bond acceptors (Lipinski definition) is 18. The Morgan fingerprint density at radius 3 is 2.08 bits per heavy atom. The van der Waals surface area contributed by atoms with Crippen LogP contribution in [-0.2, 0) is 43.8 Å². The summed E-state index contributed by atoms with van der Waals surface area (Å²) in [7, 11) is -11.0. The average Bonchev–Trinajstić information content (AvgIpc) is 0.872. The maximum absolute atomic E-state index is 14.4. The number of sulfonamides is 1. The van der Waals surface area contributed by atoms with Crippen LogP contribution >= 0.6 is 34.7 Å². The highest BCUT2D eigenvalue weighted by Crippen LogP contribution is 2.38. The van der Waals surface area contributed by atoms with Crippen molar-refractivity contribution in [2.24, 2.45) is 5.41 Å². The topological polar surface area (TPSA) is 260 Å². The molecule has 5 atom stereocenters. The van der Waals surface area contributed by atoms with Crippen LogP contribution in [0.2, 0.25) is 5.02 Å². The third-order valence-electron chi connectivity index (χ3n) is 19.9. The molecule has 572 valence electrons. The summed E-state index contributed by atoms with van der Waals surface area (Å²) in [5, 5.41) is 20.4. The first-order chi connectivity index (χ1) is 50.5. The number of aliphatic hydroxyl groups is 1. The van der Waals surface area contributed by atoms with Crippen molar-refractivity contribution >= 4 is 101 Å². The van der Waals surface area contributed by atoms with Gasteiger partial charge >= 0.3 is 5.51 Å². The Morgan fingerprint density at radius 2 is 1.43 bits per heavy atom. The second-order valence-electron chi connectivity index (χ2n) is 28.7. The summed E-state index contributed by atoms with van der Waals surface area (Å²) in [4.78, 5) is 83.2. The van der Waals surface area contributed by atoms with Crippen LogP contribution in [0.1, 0.15) is 132 Å². The molecule has 21 nitrogen and oxygen atoms in total. The van der Waals surface area contributed by atoms with E-state index in [-0.39, 0.29) is 48.7 Å². The van der Waals surface area contributed by atoms with Gasteiger partial charge in [-0.15, -0.1) is 23.1 Å².